The molecule has 12 atom stereocenters. The highest BCUT2D eigenvalue weighted by Crippen LogP contribution is 2.72. The van der Waals surface area contributed by atoms with Gasteiger partial charge in [0.25, 0.3) is 5.91 Å². The first kappa shape index (κ1) is 57.7. The average molecular weight is 1130 g/mol. The predicted molar refractivity (Wildman–Crippen MR) is 296 cm³/mol. The molecule has 22 nitrogen and oxygen atoms in total. The van der Waals surface area contributed by atoms with Gasteiger partial charge in [-0.2, -0.15) is 0 Å². The van der Waals surface area contributed by atoms with Gasteiger partial charge in [0.15, 0.2) is 29.1 Å². The fourth-order valence-corrected chi connectivity index (χ4v) is 14.0. The van der Waals surface area contributed by atoms with Gasteiger partial charge in [-0.05, 0) is 110 Å². The summed E-state index contributed by atoms with van der Waals surface area (Å²) in [4.78, 5) is 42.9. The van der Waals surface area contributed by atoms with Crippen molar-refractivity contribution in [3.63, 3.8) is 0 Å². The number of nitrogens with zero attached hydrogens (tertiary/aromatic N) is 3. The lowest BCUT2D eigenvalue weighted by Gasteiger charge is -2.58. The van der Waals surface area contributed by atoms with Gasteiger partial charge in [0.05, 0.1) is 31.3 Å². The number of carbonyl (C=O) groups is 2. The normalized spacial score (nSPS) is 28.9. The van der Waals surface area contributed by atoms with Gasteiger partial charge in [0, 0.05) is 77.5 Å². The second-order valence-corrected chi connectivity index (χ2v) is 22.2. The molecule has 0 radical (unpaired) electrons. The first-order valence-corrected chi connectivity index (χ1v) is 27.6. The van der Waals surface area contributed by atoms with E-state index in [0.29, 0.717) is 79.6 Å². The maximum atomic E-state index is 15.6. The van der Waals surface area contributed by atoms with E-state index in [2.05, 4.69) is 20.3 Å². The molecule has 12 unspecified atom stereocenters. The molecule has 5 aromatic rings. The number of carboxylic acid groups (broad SMARTS) is 1. The number of guanidine groups is 1. The summed E-state index contributed by atoms with van der Waals surface area (Å²) in [5.74, 6) is -12.6. The second kappa shape index (κ2) is 23.4. The third-order valence-electron chi connectivity index (χ3n) is 17.6. The smallest absolute Gasteiger partial charge is 0.355 e. The average Bonchev–Trinajstić information content (AvgIpc) is 1.53. The molecule has 4 aromatic carbocycles. The van der Waals surface area contributed by atoms with E-state index in [1.807, 2.05) is 36.4 Å². The van der Waals surface area contributed by atoms with Gasteiger partial charge in [-0.1, -0.05) is 60.5 Å². The van der Waals surface area contributed by atoms with Crippen LogP contribution in [0, 0.1) is 17.8 Å². The van der Waals surface area contributed by atoms with Gasteiger partial charge in [0.1, 0.15) is 29.8 Å². The molecule has 1 aromatic heterocycles. The number of aliphatic imine (C=N–C) groups is 1. The lowest BCUT2D eigenvalue weighted by molar-refractivity contribution is -0.422. The number of aromatic hydroxyl groups is 4. The zero-order valence-corrected chi connectivity index (χ0v) is 44.8. The van der Waals surface area contributed by atoms with E-state index in [1.54, 1.807) is 18.3 Å². The maximum Gasteiger partial charge on any atom is 0.355 e. The number of hydrogen-bond donors (Lipinski definition) is 15. The number of aromatic amines is 1. The number of aliphatic carboxylic acids is 1. The Morgan fingerprint density at radius 2 is 1.73 bits per heavy atom. The molecule has 1 saturated heterocycles. The number of imidazole rings is 1. The van der Waals surface area contributed by atoms with Crippen molar-refractivity contribution in [1.82, 2.24) is 15.3 Å². The molecular weight excluding hydrogens is 1060 g/mol. The SMILES string of the molecule is NC(=NCc1ccccc1)NCCCC(O)CCC1=CC2(C(=O)O)C(c3c(cc(OC4(O)OC(CO)C(O)C(O)C4O)c(O)c3O)N2C(=O)C=Cc2ccc(O)c(Cc3cnc[nH]3)c2)C1C12c3c(O)cccc3CCC1CCCC2CO. The third kappa shape index (κ3) is 10.2. The van der Waals surface area contributed by atoms with E-state index >= 15 is 4.79 Å². The van der Waals surface area contributed by atoms with Gasteiger partial charge in [-0.3, -0.25) is 9.69 Å². The lowest BCUT2D eigenvalue weighted by Crippen LogP contribution is -2.67. The number of carbonyl (C=O) groups excluding carboxylic acids is 1. The molecule has 2 fully saturated rings. The van der Waals surface area contributed by atoms with Gasteiger partial charge in [0.2, 0.25) is 5.75 Å². The number of fused-ring (bicyclic) bond motifs is 6. The number of aliphatic hydroxyl groups is 7. The highest BCUT2D eigenvalue weighted by molar-refractivity contribution is 6.13. The number of amides is 1. The summed E-state index contributed by atoms with van der Waals surface area (Å²) >= 11 is 0. The van der Waals surface area contributed by atoms with Gasteiger partial charge in [-0.25, -0.2) is 14.8 Å². The Bertz CT molecular complexity index is 3250. The van der Waals surface area contributed by atoms with Crippen molar-refractivity contribution in [2.45, 2.75) is 124 Å². The minimum atomic E-state index is -3.36. The molecule has 10 rings (SSSR count). The first-order valence-electron chi connectivity index (χ1n) is 27.6. The molecule has 0 spiro atoms. The van der Waals surface area contributed by atoms with Crippen LogP contribution in [0.15, 0.2) is 108 Å². The number of ether oxygens (including phenoxy) is 2. The zero-order valence-electron chi connectivity index (χ0n) is 44.8. The minimum absolute atomic E-state index is 0.0250. The van der Waals surface area contributed by atoms with E-state index in [1.165, 1.54) is 36.7 Å². The number of anilines is 1. The lowest BCUT2D eigenvalue weighted by atomic mass is 9.45. The van der Waals surface area contributed by atoms with Gasteiger partial charge < -0.3 is 86.8 Å². The standard InChI is InChI=1S/C60H70N6O16/c61-57(64-27-33-7-2-1-3-8-33)63-22-6-12-40(69)19-17-35-26-58(56(78)79)50(49(35)59-37(10-5-11-38(59)29-67)18-16-34-9-4-13-43(71)48(34)59)47-41(25-44(51(73)53(47)75)81-60(80)55(77)54(76)52(74)45(30-68)82-60)66(58)46(72)21-15-32-14-20-42(70)36(23-32)24-39-28-62-31-65-39/h1-4,7-9,13-15,20-21,23,25-26,28,31,37-38,40,45,49-50,52,54-55,67-71,73-77,80H,5-6,10-12,16-19,22,24,27,29-30H2,(H,62,65)(H,78,79)(H3,61,63,64). The fourth-order valence-electron chi connectivity index (χ4n) is 14.0. The van der Waals surface area contributed by atoms with Crippen molar-refractivity contribution >= 4 is 29.6 Å². The summed E-state index contributed by atoms with van der Waals surface area (Å²) in [6, 6.07) is 20.2. The number of phenols is 4. The predicted octanol–water partition coefficient (Wildman–Crippen LogP) is 3.16. The van der Waals surface area contributed by atoms with Crippen LogP contribution in [0.2, 0.25) is 0 Å². The van der Waals surface area contributed by atoms with Crippen molar-refractivity contribution in [1.29, 1.82) is 0 Å². The Morgan fingerprint density at radius 3 is 2.46 bits per heavy atom. The molecule has 0 bridgehead atoms. The van der Waals surface area contributed by atoms with Crippen LogP contribution in [0.5, 0.6) is 28.7 Å². The first-order chi connectivity index (χ1) is 39.4. The van der Waals surface area contributed by atoms with Crippen LogP contribution in [0.3, 0.4) is 0 Å². The van der Waals surface area contributed by atoms with E-state index in [0.717, 1.165) is 28.2 Å². The minimum Gasteiger partial charge on any atom is -0.508 e. The van der Waals surface area contributed by atoms with Crippen LogP contribution < -0.4 is 20.7 Å². The highest BCUT2D eigenvalue weighted by atomic mass is 16.8. The van der Waals surface area contributed by atoms with Crippen molar-refractivity contribution in [3.8, 4) is 28.7 Å². The van der Waals surface area contributed by atoms with Gasteiger partial charge in [-0.15, -0.1) is 0 Å². The topological polar surface area (TPSA) is 378 Å². The monoisotopic (exact) mass is 1130 g/mol. The zero-order chi connectivity index (χ0) is 58.3. The van der Waals surface area contributed by atoms with Crippen LogP contribution in [-0.2, 0) is 39.1 Å². The maximum absolute atomic E-state index is 15.6. The van der Waals surface area contributed by atoms with E-state index in [4.69, 9.17) is 15.2 Å². The number of allylic oxidation sites excluding steroid dienone is 1. The number of nitrogens with two attached hydrogens (primary N) is 1. The van der Waals surface area contributed by atoms with Crippen molar-refractivity contribution in [3.05, 3.63) is 142 Å². The number of rotatable bonds is 19. The number of aryl methyl sites for hydroxylation is 1. The summed E-state index contributed by atoms with van der Waals surface area (Å²) in [6.07, 6.45) is 1.49. The van der Waals surface area contributed by atoms with Crippen LogP contribution in [0.25, 0.3) is 6.08 Å². The Hall–Kier alpha value is -7.54. The summed E-state index contributed by atoms with van der Waals surface area (Å²) in [6.45, 7) is -0.676. The number of aromatic nitrogens is 2. The molecule has 3 aliphatic carbocycles. The van der Waals surface area contributed by atoms with E-state index in [-0.39, 0.29) is 60.3 Å². The quantitative estimate of drug-likeness (QED) is 0.0107. The number of hydrogen-bond acceptors (Lipinski definition) is 17. The molecule has 1 saturated carbocycles. The molecule has 3 heterocycles. The van der Waals surface area contributed by atoms with Crippen LogP contribution >= 0.6 is 0 Å². The Kier molecular flexibility index (Phi) is 16.4. The molecular formula is C60H70N6O16. The molecule has 1 amide bonds. The summed E-state index contributed by atoms with van der Waals surface area (Å²) in [5, 5.41) is 141. The van der Waals surface area contributed by atoms with E-state index in [9.17, 15) is 66.1 Å². The summed E-state index contributed by atoms with van der Waals surface area (Å²) in [5.41, 5.74) is 5.88. The highest BCUT2D eigenvalue weighted by Gasteiger charge is 2.72. The van der Waals surface area contributed by atoms with Crippen LogP contribution in [0.1, 0.15) is 96.4 Å². The van der Waals surface area contributed by atoms with Gasteiger partial charge >= 0.3 is 11.9 Å². The number of H-pyrrole nitrogens is 1. The number of nitrogens with one attached hydrogen (secondary N) is 2. The summed E-state index contributed by atoms with van der Waals surface area (Å²) in [7, 11) is 0. The van der Waals surface area contributed by atoms with Crippen molar-refractivity contribution in [2.24, 2.45) is 28.5 Å². The molecule has 82 heavy (non-hydrogen) atoms. The Labute approximate surface area is 471 Å². The van der Waals surface area contributed by atoms with Crippen LogP contribution in [0.4, 0.5) is 5.69 Å². The van der Waals surface area contributed by atoms with Crippen LogP contribution in [-0.4, -0.2) is 151 Å². The number of carboxylic acids is 1. The largest absolute Gasteiger partial charge is 0.508 e. The second-order valence-electron chi connectivity index (χ2n) is 22.2. The number of phenolic OH excluding ortho intramolecular Hbond substituents is 4. The van der Waals surface area contributed by atoms with E-state index < -0.39 is 108 Å². The molecule has 2 aliphatic heterocycles. The molecule has 22 heteroatoms. The Morgan fingerprint density at radius 1 is 0.939 bits per heavy atom. The fraction of sp³-hybridized carbons (Fsp3) is 0.433. The van der Waals surface area contributed by atoms with Crippen molar-refractivity contribution in [2.75, 3.05) is 24.7 Å². The Balaban J connectivity index is 1.11. The molecule has 5 aliphatic rings. The number of benzene rings is 4. The molecule has 436 valence electrons. The number of aliphatic hydroxyl groups excluding tert-OH is 6. The summed E-state index contributed by atoms with van der Waals surface area (Å²) < 4.78 is 11.1. The molecule has 16 N–H and O–H groups in total. The van der Waals surface area contributed by atoms with Crippen molar-refractivity contribution < 1.29 is 80.3 Å². The third-order valence-corrected chi connectivity index (χ3v) is 17.6.